The number of aliphatic hydroxyl groups is 4. The molecule has 0 radical (unpaired) electrons. The number of aliphatic hydroxyl groups excluding tert-OH is 4. The van der Waals surface area contributed by atoms with Gasteiger partial charge in [0.1, 0.15) is 30.5 Å². The second-order valence-electron chi connectivity index (χ2n) is 14.8. The molecule has 8 heteroatoms. The number of carbonyl (C=O) groups excluding carboxylic acids is 1. The number of esters is 1. The van der Waals surface area contributed by atoms with Gasteiger partial charge in [0.2, 0.25) is 0 Å². The molecule has 1 fully saturated rings. The predicted octanol–water partition coefficient (Wildman–Crippen LogP) is 8.58. The van der Waals surface area contributed by atoms with E-state index in [2.05, 4.69) is 20.8 Å². The molecule has 0 aliphatic heterocycles. The number of unbranched alkanes of at least 4 members (excludes halogenated alkanes) is 20. The van der Waals surface area contributed by atoms with Crippen LogP contribution in [-0.4, -0.2) is 82.8 Å². The zero-order valence-electron chi connectivity index (χ0n) is 31.5. The highest BCUT2D eigenvalue weighted by molar-refractivity contribution is 5.69. The van der Waals surface area contributed by atoms with Gasteiger partial charge in [-0.15, -0.1) is 0 Å². The highest BCUT2D eigenvalue weighted by Gasteiger charge is 2.52. The Morgan fingerprint density at radius 3 is 1.54 bits per heavy atom. The second-order valence-corrected chi connectivity index (χ2v) is 14.8. The first-order chi connectivity index (χ1) is 23.3. The molecule has 7 atom stereocenters. The summed E-state index contributed by atoms with van der Waals surface area (Å²) in [5.41, 5.74) is 0. The first kappa shape index (κ1) is 45.3. The molecule has 0 aromatic heterocycles. The number of rotatable bonds is 34. The van der Waals surface area contributed by atoms with Gasteiger partial charge in [-0.3, -0.25) is 4.79 Å². The van der Waals surface area contributed by atoms with Crippen molar-refractivity contribution in [2.24, 2.45) is 5.92 Å². The van der Waals surface area contributed by atoms with E-state index in [1.54, 1.807) is 0 Å². The van der Waals surface area contributed by atoms with E-state index in [0.29, 0.717) is 13.0 Å². The van der Waals surface area contributed by atoms with E-state index in [9.17, 15) is 25.2 Å². The molecule has 1 rings (SSSR count). The van der Waals surface area contributed by atoms with Gasteiger partial charge in [-0.05, 0) is 18.8 Å². The van der Waals surface area contributed by atoms with Crippen LogP contribution in [0.25, 0.3) is 0 Å². The second kappa shape index (κ2) is 31.0. The van der Waals surface area contributed by atoms with Gasteiger partial charge in [0.05, 0.1) is 13.2 Å². The first-order valence-electron chi connectivity index (χ1n) is 20.4. The average molecular weight is 687 g/mol. The lowest BCUT2D eigenvalue weighted by Gasteiger charge is -2.24. The Morgan fingerprint density at radius 2 is 1.00 bits per heavy atom. The summed E-state index contributed by atoms with van der Waals surface area (Å²) in [4.78, 5) is 12.5. The molecule has 48 heavy (non-hydrogen) atoms. The number of hydrogen-bond donors (Lipinski definition) is 4. The summed E-state index contributed by atoms with van der Waals surface area (Å²) in [5, 5.41) is 41.3. The minimum atomic E-state index is -1.49. The monoisotopic (exact) mass is 687 g/mol. The quantitative estimate of drug-likeness (QED) is 0.0392. The minimum Gasteiger partial charge on any atom is -0.457 e. The molecule has 0 amide bonds. The third-order valence-electron chi connectivity index (χ3n) is 10.0. The zero-order chi connectivity index (χ0) is 35.2. The summed E-state index contributed by atoms with van der Waals surface area (Å²) >= 11 is 0. The van der Waals surface area contributed by atoms with E-state index in [-0.39, 0.29) is 19.6 Å². The van der Waals surface area contributed by atoms with Crippen molar-refractivity contribution in [3.8, 4) is 0 Å². The van der Waals surface area contributed by atoms with Crippen LogP contribution in [0.3, 0.4) is 0 Å². The van der Waals surface area contributed by atoms with Crippen LogP contribution in [0, 0.1) is 5.92 Å². The van der Waals surface area contributed by atoms with Crippen molar-refractivity contribution in [1.29, 1.82) is 0 Å². The van der Waals surface area contributed by atoms with E-state index in [1.807, 2.05) is 0 Å². The van der Waals surface area contributed by atoms with Gasteiger partial charge >= 0.3 is 5.97 Å². The Hall–Kier alpha value is -0.770. The summed E-state index contributed by atoms with van der Waals surface area (Å²) in [6.07, 6.45) is 23.6. The van der Waals surface area contributed by atoms with Crippen molar-refractivity contribution < 1.29 is 39.4 Å². The molecule has 4 N–H and O–H groups in total. The highest BCUT2D eigenvalue weighted by atomic mass is 16.6. The largest absolute Gasteiger partial charge is 0.457 e. The van der Waals surface area contributed by atoms with Gasteiger partial charge in [0, 0.05) is 13.0 Å². The summed E-state index contributed by atoms with van der Waals surface area (Å²) in [7, 11) is 0. The summed E-state index contributed by atoms with van der Waals surface area (Å²) in [5.74, 6) is 0.381. The molecule has 0 aromatic rings. The molecule has 286 valence electrons. The normalized spacial score (nSPS) is 22.3. The molecule has 1 saturated carbocycles. The fraction of sp³-hybridized carbons (Fsp3) is 0.975. The van der Waals surface area contributed by atoms with Crippen LogP contribution >= 0.6 is 0 Å². The molecule has 0 spiro atoms. The lowest BCUT2D eigenvalue weighted by Crippen LogP contribution is -2.41. The van der Waals surface area contributed by atoms with E-state index < -0.39 is 42.6 Å². The molecule has 1 aliphatic rings. The summed E-state index contributed by atoms with van der Waals surface area (Å²) in [6.45, 7) is 7.40. The van der Waals surface area contributed by atoms with Crippen molar-refractivity contribution in [2.45, 2.75) is 224 Å². The van der Waals surface area contributed by atoms with Gasteiger partial charge in [0.15, 0.2) is 6.10 Å². The fourth-order valence-corrected chi connectivity index (χ4v) is 6.76. The molecular formula is C40H78O8. The third-order valence-corrected chi connectivity index (χ3v) is 10.0. The van der Waals surface area contributed by atoms with Gasteiger partial charge in [-0.25, -0.2) is 0 Å². The summed E-state index contributed by atoms with van der Waals surface area (Å²) < 4.78 is 16.7. The van der Waals surface area contributed by atoms with Crippen molar-refractivity contribution in [3.63, 3.8) is 0 Å². The maximum atomic E-state index is 12.5. The van der Waals surface area contributed by atoms with E-state index in [1.165, 1.54) is 128 Å². The van der Waals surface area contributed by atoms with Gasteiger partial charge in [0.25, 0.3) is 0 Å². The maximum absolute atomic E-state index is 12.5. The Bertz CT molecular complexity index is 721. The molecule has 0 heterocycles. The Morgan fingerprint density at radius 1 is 0.562 bits per heavy atom. The van der Waals surface area contributed by atoms with Crippen LogP contribution in [0.5, 0.6) is 0 Å². The van der Waals surface area contributed by atoms with E-state index in [4.69, 9.17) is 14.2 Å². The number of hydrogen-bond acceptors (Lipinski definition) is 8. The van der Waals surface area contributed by atoms with Crippen LogP contribution in [0.1, 0.15) is 188 Å². The van der Waals surface area contributed by atoms with Crippen LogP contribution in [-0.2, 0) is 19.0 Å². The predicted molar refractivity (Wildman–Crippen MR) is 195 cm³/mol. The molecule has 0 saturated heterocycles. The molecular weight excluding hydrogens is 608 g/mol. The highest BCUT2D eigenvalue weighted by Crippen LogP contribution is 2.28. The van der Waals surface area contributed by atoms with Crippen LogP contribution in [0.15, 0.2) is 0 Å². The lowest BCUT2D eigenvalue weighted by atomic mass is 9.96. The van der Waals surface area contributed by atoms with Gasteiger partial charge in [-0.1, -0.05) is 168 Å². The molecule has 0 aromatic carbocycles. The molecule has 1 unspecified atom stereocenters. The van der Waals surface area contributed by atoms with Crippen LogP contribution in [0.4, 0.5) is 0 Å². The van der Waals surface area contributed by atoms with Crippen LogP contribution in [0.2, 0.25) is 0 Å². The standard InChI is InChI=1S/C40H78O8/c1-4-6-8-10-11-12-13-14-15-18-21-25-29-35(42)48-40-38(45)36(43)37(44)39(40)47-32-34(41)31-46-30-26-22-19-16-17-20-24-28-33(3)27-23-9-7-5-2/h33-34,36-41,43-45H,4-32H2,1-3H3/t33?,34-,36-,37-,38+,39+,40-/m0/s1. The van der Waals surface area contributed by atoms with Gasteiger partial charge < -0.3 is 34.6 Å². The first-order valence-corrected chi connectivity index (χ1v) is 20.4. The van der Waals surface area contributed by atoms with Crippen molar-refractivity contribution in [3.05, 3.63) is 0 Å². The zero-order valence-corrected chi connectivity index (χ0v) is 31.5. The average Bonchev–Trinajstić information content (AvgIpc) is 3.27. The Balaban J connectivity index is 2.09. The number of carbonyl (C=O) groups is 1. The Kier molecular flexibility index (Phi) is 29.2. The van der Waals surface area contributed by atoms with Crippen molar-refractivity contribution >= 4 is 5.97 Å². The topological polar surface area (TPSA) is 126 Å². The van der Waals surface area contributed by atoms with Crippen molar-refractivity contribution in [1.82, 2.24) is 0 Å². The van der Waals surface area contributed by atoms with E-state index in [0.717, 1.165) is 31.6 Å². The van der Waals surface area contributed by atoms with E-state index >= 15 is 0 Å². The summed E-state index contributed by atoms with van der Waals surface area (Å²) in [6, 6.07) is 0. The number of ether oxygens (including phenoxy) is 3. The Labute approximate surface area is 295 Å². The SMILES string of the molecule is CCCCCCCCCCCCCCC(=O)O[C@H]1[C@H](O)[C@@H](O)[C@H](O)[C@H]1OC[C@@H](O)COCCCCCCCCCC(C)CCCCCC. The third kappa shape index (κ3) is 22.8. The van der Waals surface area contributed by atoms with Crippen LogP contribution < -0.4 is 0 Å². The molecule has 0 bridgehead atoms. The smallest absolute Gasteiger partial charge is 0.306 e. The molecule has 1 aliphatic carbocycles. The molecule has 8 nitrogen and oxygen atoms in total. The van der Waals surface area contributed by atoms with Gasteiger partial charge in [-0.2, -0.15) is 0 Å². The fourth-order valence-electron chi connectivity index (χ4n) is 6.76. The maximum Gasteiger partial charge on any atom is 0.306 e. The minimum absolute atomic E-state index is 0.0912. The lowest BCUT2D eigenvalue weighted by molar-refractivity contribution is -0.168. The van der Waals surface area contributed by atoms with Crippen molar-refractivity contribution in [2.75, 3.05) is 19.8 Å².